The third-order valence-electron chi connectivity index (χ3n) is 5.61. The molecule has 0 saturated heterocycles. The van der Waals surface area contributed by atoms with E-state index in [9.17, 15) is 0 Å². The Kier molecular flexibility index (Phi) is 5.17. The first-order valence-electron chi connectivity index (χ1n) is 9.66. The second-order valence-electron chi connectivity index (χ2n) is 8.47. The van der Waals surface area contributed by atoms with Gasteiger partial charge in [-0.2, -0.15) is 0 Å². The smallest absolute Gasteiger partial charge is 0.190 e. The van der Waals surface area contributed by atoms with Crippen molar-refractivity contribution in [1.82, 2.24) is 9.97 Å². The van der Waals surface area contributed by atoms with E-state index >= 15 is 0 Å². The number of aryl methyl sites for hydroxylation is 2. The van der Waals surface area contributed by atoms with E-state index in [2.05, 4.69) is 56.1 Å². The molecule has 142 valence electrons. The first-order chi connectivity index (χ1) is 12.9. The van der Waals surface area contributed by atoms with E-state index in [1.165, 1.54) is 22.4 Å². The van der Waals surface area contributed by atoms with Crippen LogP contribution < -0.4 is 5.73 Å². The molecule has 1 aliphatic carbocycles. The third kappa shape index (κ3) is 3.99. The van der Waals surface area contributed by atoms with Crippen LogP contribution in [0, 0.1) is 11.3 Å². The Bertz CT molecular complexity index is 942. The number of hydrogen-bond donors (Lipinski definition) is 1. The summed E-state index contributed by atoms with van der Waals surface area (Å²) in [5.74, 6) is 2.35. The molecule has 5 heteroatoms. The molecule has 0 aliphatic heterocycles. The van der Waals surface area contributed by atoms with E-state index in [1.807, 2.05) is 11.3 Å². The van der Waals surface area contributed by atoms with Crippen LogP contribution in [0.4, 0.5) is 5.82 Å². The van der Waals surface area contributed by atoms with E-state index in [0.717, 1.165) is 46.3 Å². The van der Waals surface area contributed by atoms with Gasteiger partial charge in [-0.25, -0.2) is 9.97 Å². The zero-order chi connectivity index (χ0) is 19.0. The molecule has 1 aliphatic rings. The molecule has 2 aromatic heterocycles. The highest BCUT2D eigenvalue weighted by Gasteiger charge is 2.31. The summed E-state index contributed by atoms with van der Waals surface area (Å²) in [5.41, 5.74) is 9.48. The average molecular weight is 398 g/mol. The monoisotopic (exact) mass is 397 g/mol. The highest BCUT2D eigenvalue weighted by Crippen LogP contribution is 2.44. The summed E-state index contributed by atoms with van der Waals surface area (Å²) in [4.78, 5) is 12.0. The molecular weight excluding hydrogens is 370 g/mol. The van der Waals surface area contributed by atoms with Gasteiger partial charge >= 0.3 is 0 Å². The number of nitrogen functional groups attached to an aromatic ring is 1. The van der Waals surface area contributed by atoms with Crippen molar-refractivity contribution in [3.05, 3.63) is 46.3 Å². The van der Waals surface area contributed by atoms with Gasteiger partial charge in [0.15, 0.2) is 5.16 Å². The molecule has 0 unspecified atom stereocenters. The Morgan fingerprint density at radius 1 is 1.19 bits per heavy atom. The van der Waals surface area contributed by atoms with Crippen LogP contribution in [0.3, 0.4) is 0 Å². The van der Waals surface area contributed by atoms with Crippen LogP contribution in [0.2, 0.25) is 0 Å². The highest BCUT2D eigenvalue weighted by atomic mass is 32.2. The van der Waals surface area contributed by atoms with Crippen LogP contribution in [0.1, 0.15) is 43.2 Å². The van der Waals surface area contributed by atoms with Gasteiger partial charge in [0, 0.05) is 10.6 Å². The number of anilines is 1. The van der Waals surface area contributed by atoms with Crippen LogP contribution in [-0.2, 0) is 19.3 Å². The Hall–Kier alpha value is -1.59. The number of rotatable bonds is 4. The number of thioether (sulfide) groups is 1. The molecule has 0 saturated carbocycles. The van der Waals surface area contributed by atoms with Gasteiger partial charge in [0.2, 0.25) is 0 Å². The molecular formula is C22H27N3S2. The number of benzene rings is 1. The second-order valence-corrected chi connectivity index (χ2v) is 10.6. The molecule has 0 bridgehead atoms. The molecule has 1 aromatic carbocycles. The van der Waals surface area contributed by atoms with Crippen molar-refractivity contribution in [2.45, 2.75) is 51.6 Å². The summed E-state index contributed by atoms with van der Waals surface area (Å²) >= 11 is 3.53. The lowest BCUT2D eigenvalue weighted by Gasteiger charge is -2.33. The fourth-order valence-corrected chi connectivity index (χ4v) is 6.10. The number of aromatic nitrogens is 2. The molecule has 0 fully saturated rings. The van der Waals surface area contributed by atoms with Crippen molar-refractivity contribution < 1.29 is 0 Å². The predicted octanol–water partition coefficient (Wildman–Crippen LogP) is 5.76. The van der Waals surface area contributed by atoms with Gasteiger partial charge in [-0.05, 0) is 48.1 Å². The van der Waals surface area contributed by atoms with E-state index < -0.39 is 0 Å². The average Bonchev–Trinajstić information content (AvgIpc) is 3.00. The molecule has 27 heavy (non-hydrogen) atoms. The maximum atomic E-state index is 6.37. The molecule has 0 amide bonds. The van der Waals surface area contributed by atoms with Crippen molar-refractivity contribution in [2.75, 3.05) is 11.5 Å². The first-order valence-corrected chi connectivity index (χ1v) is 11.5. The van der Waals surface area contributed by atoms with Crippen LogP contribution >= 0.6 is 23.1 Å². The van der Waals surface area contributed by atoms with Crippen molar-refractivity contribution in [2.24, 2.45) is 11.3 Å². The van der Waals surface area contributed by atoms with Gasteiger partial charge in [-0.15, -0.1) is 11.3 Å². The molecule has 0 radical (unpaired) electrons. The van der Waals surface area contributed by atoms with E-state index in [-0.39, 0.29) is 0 Å². The van der Waals surface area contributed by atoms with Crippen LogP contribution in [0.15, 0.2) is 35.5 Å². The van der Waals surface area contributed by atoms with E-state index in [4.69, 9.17) is 10.7 Å². The summed E-state index contributed by atoms with van der Waals surface area (Å²) in [6, 6.07) is 10.6. The SMILES string of the molecule is CC(C)(C)[C@@H]1CCc2c(sc3nc(SCCc4ccccc4)nc(N)c23)C1. The van der Waals surface area contributed by atoms with Gasteiger partial charge in [-0.3, -0.25) is 0 Å². The molecule has 0 spiro atoms. The minimum atomic E-state index is 0.351. The number of hydrogen-bond acceptors (Lipinski definition) is 5. The van der Waals surface area contributed by atoms with Gasteiger partial charge in [-0.1, -0.05) is 62.9 Å². The number of nitrogens with zero attached hydrogens (tertiary/aromatic N) is 2. The minimum Gasteiger partial charge on any atom is -0.383 e. The number of fused-ring (bicyclic) bond motifs is 3. The zero-order valence-electron chi connectivity index (χ0n) is 16.3. The topological polar surface area (TPSA) is 51.8 Å². The molecule has 2 N–H and O–H groups in total. The van der Waals surface area contributed by atoms with Crippen molar-refractivity contribution in [1.29, 1.82) is 0 Å². The summed E-state index contributed by atoms with van der Waals surface area (Å²) < 4.78 is 0. The Morgan fingerprint density at radius 3 is 2.70 bits per heavy atom. The first kappa shape index (κ1) is 18.8. The van der Waals surface area contributed by atoms with Gasteiger partial charge in [0.1, 0.15) is 10.6 Å². The van der Waals surface area contributed by atoms with Gasteiger partial charge < -0.3 is 5.73 Å². The Labute approximate surface area is 169 Å². The largest absolute Gasteiger partial charge is 0.383 e. The van der Waals surface area contributed by atoms with E-state index in [0.29, 0.717) is 11.2 Å². The lowest BCUT2D eigenvalue weighted by atomic mass is 9.72. The normalized spacial score (nSPS) is 17.2. The quantitative estimate of drug-likeness (QED) is 0.449. The summed E-state index contributed by atoms with van der Waals surface area (Å²) in [6.45, 7) is 7.06. The fraction of sp³-hybridized carbons (Fsp3) is 0.455. The maximum absolute atomic E-state index is 6.37. The Balaban J connectivity index is 1.54. The van der Waals surface area contributed by atoms with Crippen LogP contribution in [0.25, 0.3) is 10.2 Å². The van der Waals surface area contributed by atoms with Crippen molar-refractivity contribution in [3.8, 4) is 0 Å². The third-order valence-corrected chi connectivity index (χ3v) is 7.60. The van der Waals surface area contributed by atoms with Crippen LogP contribution in [0.5, 0.6) is 0 Å². The summed E-state index contributed by atoms with van der Waals surface area (Å²) in [5, 5.41) is 1.93. The Morgan fingerprint density at radius 2 is 1.96 bits per heavy atom. The second kappa shape index (κ2) is 7.44. The standard InChI is InChI=1S/C22H27N3S2/c1-22(2,3)15-9-10-16-17(13-15)27-20-18(16)19(23)24-21(25-20)26-12-11-14-7-5-4-6-8-14/h4-8,15H,9-13H2,1-3H3,(H2,23,24,25)/t15-/m1/s1. The molecule has 3 nitrogen and oxygen atoms in total. The fourth-order valence-electron chi connectivity index (χ4n) is 3.89. The predicted molar refractivity (Wildman–Crippen MR) is 118 cm³/mol. The van der Waals surface area contributed by atoms with Crippen LogP contribution in [-0.4, -0.2) is 15.7 Å². The number of nitrogens with two attached hydrogens (primary N) is 1. The molecule has 1 atom stereocenters. The van der Waals surface area contributed by atoms with E-state index in [1.54, 1.807) is 11.8 Å². The molecule has 3 aromatic rings. The lowest BCUT2D eigenvalue weighted by molar-refractivity contribution is 0.218. The summed E-state index contributed by atoms with van der Waals surface area (Å²) in [7, 11) is 0. The minimum absolute atomic E-state index is 0.351. The van der Waals surface area contributed by atoms with Gasteiger partial charge in [0.25, 0.3) is 0 Å². The van der Waals surface area contributed by atoms with Crippen molar-refractivity contribution in [3.63, 3.8) is 0 Å². The molecule has 4 rings (SSSR count). The lowest BCUT2D eigenvalue weighted by Crippen LogP contribution is -2.26. The highest BCUT2D eigenvalue weighted by molar-refractivity contribution is 7.99. The zero-order valence-corrected chi connectivity index (χ0v) is 17.9. The summed E-state index contributed by atoms with van der Waals surface area (Å²) in [6.07, 6.45) is 4.50. The maximum Gasteiger partial charge on any atom is 0.190 e. The molecule has 2 heterocycles. The van der Waals surface area contributed by atoms with Crippen molar-refractivity contribution >= 4 is 39.1 Å². The van der Waals surface area contributed by atoms with Gasteiger partial charge in [0.05, 0.1) is 5.39 Å². The number of thiophene rings is 1.